The maximum Gasteiger partial charge on any atom is 0.169 e. The molecule has 0 amide bonds. The highest BCUT2D eigenvalue weighted by Crippen LogP contribution is 2.32. The first-order valence-electron chi connectivity index (χ1n) is 6.25. The Morgan fingerprint density at radius 2 is 1.95 bits per heavy atom. The van der Waals surface area contributed by atoms with Crippen molar-refractivity contribution in [3.8, 4) is 17.2 Å². The summed E-state index contributed by atoms with van der Waals surface area (Å²) in [6.07, 6.45) is 4.34. The number of hydrogen-bond donors (Lipinski definition) is 1. The number of nitrogens with zero attached hydrogens (tertiary/aromatic N) is 1. The summed E-state index contributed by atoms with van der Waals surface area (Å²) in [7, 11) is 1.64. The van der Waals surface area contributed by atoms with Gasteiger partial charge in [-0.05, 0) is 35.7 Å². The van der Waals surface area contributed by atoms with Gasteiger partial charge in [-0.3, -0.25) is 4.98 Å². The second kappa shape index (κ2) is 6.20. The van der Waals surface area contributed by atoms with Crippen molar-refractivity contribution in [2.45, 2.75) is 19.9 Å². The molecule has 1 heterocycles. The number of aryl methyl sites for hydroxylation is 1. The lowest BCUT2D eigenvalue weighted by Gasteiger charge is -2.11. The topological polar surface area (TPSA) is 57.4 Å². The molecule has 19 heavy (non-hydrogen) atoms. The third kappa shape index (κ3) is 3.23. The van der Waals surface area contributed by atoms with E-state index in [1.54, 1.807) is 19.5 Å². The molecule has 0 unspecified atom stereocenters. The van der Waals surface area contributed by atoms with Crippen LogP contribution in [0.2, 0.25) is 0 Å². The summed E-state index contributed by atoms with van der Waals surface area (Å²) in [5.41, 5.74) is 7.72. The quantitative estimate of drug-likeness (QED) is 0.895. The van der Waals surface area contributed by atoms with Gasteiger partial charge >= 0.3 is 0 Å². The third-order valence-corrected chi connectivity index (χ3v) is 2.87. The Labute approximate surface area is 113 Å². The molecule has 2 N–H and O–H groups in total. The van der Waals surface area contributed by atoms with Crippen LogP contribution in [0.1, 0.15) is 18.1 Å². The highest BCUT2D eigenvalue weighted by Gasteiger charge is 2.07. The van der Waals surface area contributed by atoms with Crippen LogP contribution in [0.15, 0.2) is 36.7 Å². The zero-order valence-corrected chi connectivity index (χ0v) is 11.2. The number of methoxy groups -OCH3 is 1. The van der Waals surface area contributed by atoms with Gasteiger partial charge in [0.05, 0.1) is 13.3 Å². The molecule has 0 aliphatic rings. The first kappa shape index (κ1) is 13.4. The molecule has 2 rings (SSSR count). The maximum atomic E-state index is 5.80. The van der Waals surface area contributed by atoms with Crippen molar-refractivity contribution >= 4 is 0 Å². The van der Waals surface area contributed by atoms with Crippen LogP contribution in [0.5, 0.6) is 17.2 Å². The Hall–Kier alpha value is -2.07. The fourth-order valence-corrected chi connectivity index (χ4v) is 1.77. The van der Waals surface area contributed by atoms with E-state index in [9.17, 15) is 0 Å². The van der Waals surface area contributed by atoms with Crippen molar-refractivity contribution in [1.29, 1.82) is 0 Å². The van der Waals surface area contributed by atoms with E-state index in [4.69, 9.17) is 15.2 Å². The molecule has 100 valence electrons. The molecule has 1 aromatic carbocycles. The van der Waals surface area contributed by atoms with Crippen molar-refractivity contribution in [3.05, 3.63) is 47.8 Å². The molecule has 4 nitrogen and oxygen atoms in total. The van der Waals surface area contributed by atoms with E-state index in [2.05, 4.69) is 11.9 Å². The molecule has 2 aromatic rings. The number of rotatable bonds is 5. The van der Waals surface area contributed by atoms with Crippen molar-refractivity contribution in [1.82, 2.24) is 4.98 Å². The largest absolute Gasteiger partial charge is 0.493 e. The van der Waals surface area contributed by atoms with E-state index >= 15 is 0 Å². The summed E-state index contributed by atoms with van der Waals surface area (Å²) in [4.78, 5) is 4.10. The summed E-state index contributed by atoms with van der Waals surface area (Å²) in [6, 6.07) is 7.79. The molecule has 0 atom stereocenters. The molecule has 0 bridgehead atoms. The molecule has 0 radical (unpaired) electrons. The fourth-order valence-electron chi connectivity index (χ4n) is 1.77. The number of nitrogens with two attached hydrogens (primary N) is 1. The summed E-state index contributed by atoms with van der Waals surface area (Å²) in [5, 5.41) is 0. The van der Waals surface area contributed by atoms with Gasteiger partial charge in [-0.1, -0.05) is 13.0 Å². The van der Waals surface area contributed by atoms with Crippen LogP contribution in [-0.2, 0) is 13.0 Å². The number of ether oxygens (including phenoxy) is 2. The van der Waals surface area contributed by atoms with E-state index in [0.29, 0.717) is 18.0 Å². The number of hydrogen-bond acceptors (Lipinski definition) is 4. The Bertz CT molecular complexity index is 556. The van der Waals surface area contributed by atoms with Gasteiger partial charge in [0, 0.05) is 12.7 Å². The minimum absolute atomic E-state index is 0.441. The van der Waals surface area contributed by atoms with E-state index in [-0.39, 0.29) is 0 Å². The van der Waals surface area contributed by atoms with E-state index in [0.717, 1.165) is 17.7 Å². The van der Waals surface area contributed by atoms with Gasteiger partial charge in [-0.25, -0.2) is 0 Å². The Morgan fingerprint density at radius 3 is 2.63 bits per heavy atom. The van der Waals surface area contributed by atoms with Crippen LogP contribution in [0.3, 0.4) is 0 Å². The number of aromatic nitrogens is 1. The predicted molar refractivity (Wildman–Crippen MR) is 74.6 cm³/mol. The molecular weight excluding hydrogens is 240 g/mol. The summed E-state index contributed by atoms with van der Waals surface area (Å²) < 4.78 is 11.1. The first-order chi connectivity index (χ1) is 9.26. The molecule has 4 heteroatoms. The third-order valence-electron chi connectivity index (χ3n) is 2.87. The first-order valence-corrected chi connectivity index (χ1v) is 6.25. The van der Waals surface area contributed by atoms with Crippen LogP contribution in [0.4, 0.5) is 0 Å². The highest BCUT2D eigenvalue weighted by molar-refractivity contribution is 5.45. The van der Waals surface area contributed by atoms with Gasteiger partial charge in [0.2, 0.25) is 0 Å². The lowest BCUT2D eigenvalue weighted by Crippen LogP contribution is -1.98. The highest BCUT2D eigenvalue weighted by atomic mass is 16.5. The maximum absolute atomic E-state index is 5.80. The Kier molecular flexibility index (Phi) is 4.36. The average molecular weight is 258 g/mol. The van der Waals surface area contributed by atoms with Gasteiger partial charge in [0.1, 0.15) is 5.75 Å². The minimum Gasteiger partial charge on any atom is -0.493 e. The van der Waals surface area contributed by atoms with Crippen molar-refractivity contribution < 1.29 is 9.47 Å². The van der Waals surface area contributed by atoms with Crippen molar-refractivity contribution in [3.63, 3.8) is 0 Å². The minimum atomic E-state index is 0.441. The summed E-state index contributed by atoms with van der Waals surface area (Å²) in [6.45, 7) is 2.54. The molecule has 0 spiro atoms. The second-order valence-electron chi connectivity index (χ2n) is 4.17. The monoisotopic (exact) mass is 258 g/mol. The zero-order valence-electron chi connectivity index (χ0n) is 11.2. The Morgan fingerprint density at radius 1 is 1.11 bits per heavy atom. The van der Waals surface area contributed by atoms with Gasteiger partial charge in [-0.15, -0.1) is 0 Å². The molecule has 0 saturated carbocycles. The van der Waals surface area contributed by atoms with E-state index in [1.807, 2.05) is 24.3 Å². The fraction of sp³-hybridized carbons (Fsp3) is 0.267. The zero-order chi connectivity index (χ0) is 13.7. The predicted octanol–water partition coefficient (Wildman–Crippen LogP) is 2.90. The van der Waals surface area contributed by atoms with Gasteiger partial charge < -0.3 is 15.2 Å². The van der Waals surface area contributed by atoms with Crippen molar-refractivity contribution in [2.75, 3.05) is 7.11 Å². The van der Waals surface area contributed by atoms with Crippen LogP contribution in [-0.4, -0.2) is 12.1 Å². The van der Waals surface area contributed by atoms with Crippen LogP contribution in [0, 0.1) is 0 Å². The normalized spacial score (nSPS) is 10.3. The lowest BCUT2D eigenvalue weighted by molar-refractivity contribution is 0.378. The molecule has 0 aliphatic carbocycles. The van der Waals surface area contributed by atoms with Gasteiger partial charge in [-0.2, -0.15) is 0 Å². The van der Waals surface area contributed by atoms with Crippen LogP contribution in [0.25, 0.3) is 0 Å². The van der Waals surface area contributed by atoms with Gasteiger partial charge in [0.25, 0.3) is 0 Å². The van der Waals surface area contributed by atoms with Crippen molar-refractivity contribution in [2.24, 2.45) is 5.73 Å². The number of pyridine rings is 1. The second-order valence-corrected chi connectivity index (χ2v) is 4.17. The molecule has 0 saturated heterocycles. The Balaban J connectivity index is 2.26. The standard InChI is InChI=1S/C15H18N2O2/c1-3-11-4-5-14(15(7-11)18-2)19-13-6-12(8-16)9-17-10-13/h4-7,9-10H,3,8,16H2,1-2H3. The van der Waals surface area contributed by atoms with Crippen LogP contribution < -0.4 is 15.2 Å². The van der Waals surface area contributed by atoms with Crippen LogP contribution >= 0.6 is 0 Å². The summed E-state index contributed by atoms with van der Waals surface area (Å²) >= 11 is 0. The SMILES string of the molecule is CCc1ccc(Oc2cncc(CN)c2)c(OC)c1. The molecule has 0 aliphatic heterocycles. The molecular formula is C15H18N2O2. The molecule has 1 aromatic heterocycles. The lowest BCUT2D eigenvalue weighted by atomic mass is 10.1. The molecule has 0 fully saturated rings. The average Bonchev–Trinajstić information content (AvgIpc) is 2.48. The number of benzene rings is 1. The smallest absolute Gasteiger partial charge is 0.169 e. The van der Waals surface area contributed by atoms with E-state index in [1.165, 1.54) is 5.56 Å². The van der Waals surface area contributed by atoms with Gasteiger partial charge in [0.15, 0.2) is 11.5 Å². The van der Waals surface area contributed by atoms with E-state index < -0.39 is 0 Å². The summed E-state index contributed by atoms with van der Waals surface area (Å²) in [5.74, 6) is 2.05.